The zero-order valence-electron chi connectivity index (χ0n) is 13.2. The van der Waals surface area contributed by atoms with Crippen LogP contribution in [-0.2, 0) is 0 Å². The fourth-order valence-electron chi connectivity index (χ4n) is 2.85. The number of amides is 2. The molecule has 0 bridgehead atoms. The van der Waals surface area contributed by atoms with Crippen molar-refractivity contribution in [3.8, 4) is 0 Å². The topological polar surface area (TPSA) is 69.6 Å². The molecule has 2 atom stereocenters. The highest BCUT2D eigenvalue weighted by atomic mass is 35.5. The van der Waals surface area contributed by atoms with Gasteiger partial charge in [0, 0.05) is 28.7 Å². The van der Waals surface area contributed by atoms with E-state index >= 15 is 0 Å². The van der Waals surface area contributed by atoms with Crippen molar-refractivity contribution in [3.05, 3.63) is 64.7 Å². The second kappa shape index (κ2) is 7.11. The molecule has 7 heteroatoms. The molecule has 1 fully saturated rings. The van der Waals surface area contributed by atoms with Crippen LogP contribution in [0.15, 0.2) is 48.5 Å². The highest BCUT2D eigenvalue weighted by Crippen LogP contribution is 2.30. The fraction of sp³-hybridized carbons (Fsp3) is 0.222. The summed E-state index contributed by atoms with van der Waals surface area (Å²) in [6, 6.07) is 13.3. The van der Waals surface area contributed by atoms with Crippen LogP contribution in [0.4, 0.5) is 14.9 Å². The van der Waals surface area contributed by atoms with Crippen molar-refractivity contribution in [1.82, 2.24) is 4.90 Å². The van der Waals surface area contributed by atoms with Gasteiger partial charge in [-0.1, -0.05) is 23.7 Å². The number of halogens is 2. The van der Waals surface area contributed by atoms with Gasteiger partial charge in [-0.25, -0.2) is 9.18 Å². The Morgan fingerprint density at radius 1 is 1.08 bits per heavy atom. The molecule has 1 saturated heterocycles. The largest absolute Gasteiger partial charge is 0.465 e. The fourth-order valence-corrected chi connectivity index (χ4v) is 2.98. The minimum atomic E-state index is -1.23. The second-order valence-corrected chi connectivity index (χ2v) is 6.33. The van der Waals surface area contributed by atoms with E-state index in [2.05, 4.69) is 5.32 Å². The third-order valence-electron chi connectivity index (χ3n) is 4.22. The van der Waals surface area contributed by atoms with Gasteiger partial charge in [-0.2, -0.15) is 0 Å². The van der Waals surface area contributed by atoms with Gasteiger partial charge in [0.15, 0.2) is 0 Å². The molecular formula is C18H16ClFN2O3. The minimum absolute atomic E-state index is 0.116. The lowest BCUT2D eigenvalue weighted by Gasteiger charge is -2.13. The maximum atomic E-state index is 14.1. The summed E-state index contributed by atoms with van der Waals surface area (Å²) in [6.07, 6.45) is -2.34. The van der Waals surface area contributed by atoms with Crippen LogP contribution in [0.3, 0.4) is 0 Å². The molecule has 25 heavy (non-hydrogen) atoms. The smallest absolute Gasteiger partial charge is 0.407 e. The van der Waals surface area contributed by atoms with Crippen molar-refractivity contribution in [2.75, 3.05) is 18.4 Å². The first-order chi connectivity index (χ1) is 11.9. The molecule has 2 aromatic rings. The summed E-state index contributed by atoms with van der Waals surface area (Å²) in [5, 5.41) is 12.3. The summed E-state index contributed by atoms with van der Waals surface area (Å²) >= 11 is 5.80. The Kier molecular flexibility index (Phi) is 4.90. The number of benzene rings is 2. The zero-order valence-corrected chi connectivity index (χ0v) is 13.9. The Morgan fingerprint density at radius 2 is 1.72 bits per heavy atom. The van der Waals surface area contributed by atoms with E-state index in [0.717, 1.165) is 4.90 Å². The number of rotatable bonds is 3. The normalized spacial score (nSPS) is 19.7. The Hall–Kier alpha value is -2.60. The molecule has 1 heterocycles. The van der Waals surface area contributed by atoms with E-state index in [1.54, 1.807) is 48.5 Å². The predicted octanol–water partition coefficient (Wildman–Crippen LogP) is 4.01. The Labute approximate surface area is 149 Å². The molecule has 0 aliphatic carbocycles. The summed E-state index contributed by atoms with van der Waals surface area (Å²) in [6.45, 7) is 0.0159. The van der Waals surface area contributed by atoms with Crippen molar-refractivity contribution in [3.63, 3.8) is 0 Å². The van der Waals surface area contributed by atoms with Crippen LogP contribution in [0.25, 0.3) is 0 Å². The Bertz CT molecular complexity index is 780. The van der Waals surface area contributed by atoms with Crippen LogP contribution < -0.4 is 5.32 Å². The van der Waals surface area contributed by atoms with Gasteiger partial charge in [0.05, 0.1) is 6.54 Å². The van der Waals surface area contributed by atoms with E-state index in [1.165, 1.54) is 0 Å². The number of likely N-dealkylation sites (tertiary alicyclic amines) is 1. The molecule has 2 aromatic carbocycles. The molecule has 130 valence electrons. The van der Waals surface area contributed by atoms with Crippen LogP contribution in [0.2, 0.25) is 5.02 Å². The monoisotopic (exact) mass is 362 g/mol. The van der Waals surface area contributed by atoms with Gasteiger partial charge in [-0.3, -0.25) is 4.79 Å². The number of hydrogen-bond donors (Lipinski definition) is 2. The lowest BCUT2D eigenvalue weighted by molar-refractivity contribution is 0.102. The van der Waals surface area contributed by atoms with Crippen LogP contribution in [0.1, 0.15) is 21.8 Å². The highest BCUT2D eigenvalue weighted by molar-refractivity contribution is 6.30. The first-order valence-corrected chi connectivity index (χ1v) is 8.10. The molecule has 5 nitrogen and oxygen atoms in total. The zero-order chi connectivity index (χ0) is 18.0. The third kappa shape index (κ3) is 3.91. The Balaban J connectivity index is 1.67. The third-order valence-corrected chi connectivity index (χ3v) is 4.47. The van der Waals surface area contributed by atoms with Crippen molar-refractivity contribution in [2.24, 2.45) is 0 Å². The molecule has 0 aromatic heterocycles. The summed E-state index contributed by atoms with van der Waals surface area (Å²) in [4.78, 5) is 24.2. The maximum absolute atomic E-state index is 14.1. The van der Waals surface area contributed by atoms with Crippen molar-refractivity contribution < 1.29 is 19.1 Å². The van der Waals surface area contributed by atoms with Gasteiger partial charge < -0.3 is 15.3 Å². The quantitative estimate of drug-likeness (QED) is 0.866. The molecule has 1 aliphatic heterocycles. The second-order valence-electron chi connectivity index (χ2n) is 5.89. The Morgan fingerprint density at radius 3 is 2.28 bits per heavy atom. The molecular weight excluding hydrogens is 347 g/mol. The summed E-state index contributed by atoms with van der Waals surface area (Å²) < 4.78 is 14.1. The number of carbonyl (C=O) groups is 2. The number of alkyl halides is 1. The van der Waals surface area contributed by atoms with Gasteiger partial charge in [0.1, 0.15) is 6.17 Å². The molecule has 1 aliphatic rings. The number of carbonyl (C=O) groups excluding carboxylic acids is 1. The van der Waals surface area contributed by atoms with E-state index in [-0.39, 0.29) is 19.0 Å². The first kappa shape index (κ1) is 17.2. The number of hydrogen-bond acceptors (Lipinski definition) is 2. The molecule has 2 N–H and O–H groups in total. The van der Waals surface area contributed by atoms with E-state index in [9.17, 15) is 14.0 Å². The highest BCUT2D eigenvalue weighted by Gasteiger charge is 2.36. The number of anilines is 1. The van der Waals surface area contributed by atoms with Crippen molar-refractivity contribution >= 4 is 29.3 Å². The predicted molar refractivity (Wildman–Crippen MR) is 93.1 cm³/mol. The molecule has 2 amide bonds. The minimum Gasteiger partial charge on any atom is -0.465 e. The number of nitrogens with zero attached hydrogens (tertiary/aromatic N) is 1. The SMILES string of the molecule is O=C(Nc1ccc(C2CN(C(=O)O)CC2F)cc1)c1ccc(Cl)cc1. The van der Waals surface area contributed by atoms with Gasteiger partial charge in [-0.05, 0) is 42.0 Å². The molecule has 0 spiro atoms. The lowest BCUT2D eigenvalue weighted by atomic mass is 9.97. The van der Waals surface area contributed by atoms with Gasteiger partial charge in [0.2, 0.25) is 0 Å². The molecule has 0 radical (unpaired) electrons. The molecule has 3 rings (SSSR count). The van der Waals surface area contributed by atoms with Gasteiger partial charge in [0.25, 0.3) is 5.91 Å². The molecule has 0 saturated carbocycles. The summed E-state index contributed by atoms with van der Waals surface area (Å²) in [7, 11) is 0. The van der Waals surface area contributed by atoms with E-state index in [4.69, 9.17) is 16.7 Å². The van der Waals surface area contributed by atoms with Crippen LogP contribution in [0, 0.1) is 0 Å². The van der Waals surface area contributed by atoms with Gasteiger partial charge >= 0.3 is 6.09 Å². The van der Waals surface area contributed by atoms with Crippen molar-refractivity contribution in [2.45, 2.75) is 12.1 Å². The number of carboxylic acid groups (broad SMARTS) is 1. The summed E-state index contributed by atoms with van der Waals surface area (Å²) in [5.74, 6) is -0.761. The first-order valence-electron chi connectivity index (χ1n) is 7.73. The number of nitrogens with one attached hydrogen (secondary N) is 1. The standard InChI is InChI=1S/C18H16ClFN2O3/c19-13-5-1-12(2-6-13)17(23)21-14-7-3-11(4-8-14)15-9-22(18(24)25)10-16(15)20/h1-8,15-16H,9-10H2,(H,21,23)(H,24,25). The van der Waals surface area contributed by atoms with Crippen LogP contribution in [-0.4, -0.2) is 41.3 Å². The van der Waals surface area contributed by atoms with E-state index in [0.29, 0.717) is 21.8 Å². The maximum Gasteiger partial charge on any atom is 0.407 e. The average Bonchev–Trinajstić information content (AvgIpc) is 2.98. The molecule has 2 unspecified atom stereocenters. The summed E-state index contributed by atoms with van der Waals surface area (Å²) in [5.41, 5.74) is 1.76. The average molecular weight is 363 g/mol. The lowest BCUT2D eigenvalue weighted by Crippen LogP contribution is -2.27. The van der Waals surface area contributed by atoms with Crippen molar-refractivity contribution in [1.29, 1.82) is 0 Å². The van der Waals surface area contributed by atoms with E-state index < -0.39 is 18.2 Å². The van der Waals surface area contributed by atoms with E-state index in [1.807, 2.05) is 0 Å². The van der Waals surface area contributed by atoms with Crippen LogP contribution in [0.5, 0.6) is 0 Å². The van der Waals surface area contributed by atoms with Crippen LogP contribution >= 0.6 is 11.6 Å². The van der Waals surface area contributed by atoms with Gasteiger partial charge in [-0.15, -0.1) is 0 Å².